The van der Waals surface area contributed by atoms with Gasteiger partial charge in [0.1, 0.15) is 24.0 Å². The zero-order valence-electron chi connectivity index (χ0n) is 14.1. The Labute approximate surface area is 147 Å². The summed E-state index contributed by atoms with van der Waals surface area (Å²) in [5, 5.41) is 12.7. The van der Waals surface area contributed by atoms with Crippen molar-refractivity contribution in [2.24, 2.45) is 0 Å². The molecule has 2 aliphatic rings. The molecule has 2 aromatic rings. The zero-order valence-corrected chi connectivity index (χ0v) is 14.1. The molecule has 0 amide bonds. The van der Waals surface area contributed by atoms with E-state index in [1.54, 1.807) is 12.5 Å². The monoisotopic (exact) mass is 335 g/mol. The van der Waals surface area contributed by atoms with Crippen LogP contribution in [0.3, 0.4) is 0 Å². The average molecular weight is 335 g/mol. The van der Waals surface area contributed by atoms with Crippen LogP contribution in [0.5, 0.6) is 0 Å². The Bertz CT molecular complexity index is 790. The van der Waals surface area contributed by atoms with Crippen molar-refractivity contribution in [1.29, 1.82) is 5.26 Å². The lowest BCUT2D eigenvalue weighted by molar-refractivity contribution is 0.636. The highest BCUT2D eigenvalue weighted by atomic mass is 15.3. The van der Waals surface area contributed by atoms with E-state index in [1.807, 2.05) is 12.1 Å². The second kappa shape index (κ2) is 7.03. The van der Waals surface area contributed by atoms with E-state index in [9.17, 15) is 5.26 Å². The summed E-state index contributed by atoms with van der Waals surface area (Å²) in [5.74, 6) is 1.87. The van der Waals surface area contributed by atoms with Gasteiger partial charge in [-0.1, -0.05) is 0 Å². The number of hydrogen-bond acceptors (Lipinski definition) is 7. The van der Waals surface area contributed by atoms with Crippen molar-refractivity contribution in [3.8, 4) is 6.07 Å². The molecule has 2 aromatic heterocycles. The SMILES string of the molecule is N#Cc1cccnc1N1CCN(c2ncnc3c2CCNCC3)CC1. The number of rotatable bonds is 2. The minimum absolute atomic E-state index is 0.637. The van der Waals surface area contributed by atoms with Crippen LogP contribution in [0.4, 0.5) is 11.6 Å². The molecule has 0 spiro atoms. The Morgan fingerprint density at radius 2 is 1.72 bits per heavy atom. The molecule has 0 atom stereocenters. The molecule has 7 nitrogen and oxygen atoms in total. The first kappa shape index (κ1) is 15.8. The largest absolute Gasteiger partial charge is 0.353 e. The van der Waals surface area contributed by atoms with Gasteiger partial charge >= 0.3 is 0 Å². The van der Waals surface area contributed by atoms with E-state index < -0.39 is 0 Å². The summed E-state index contributed by atoms with van der Waals surface area (Å²) in [6, 6.07) is 5.87. The molecule has 1 fully saturated rings. The van der Waals surface area contributed by atoms with Crippen LogP contribution in [0.1, 0.15) is 16.8 Å². The van der Waals surface area contributed by atoms with Gasteiger partial charge in [-0.2, -0.15) is 5.26 Å². The van der Waals surface area contributed by atoms with Crippen LogP contribution >= 0.6 is 0 Å². The first-order chi connectivity index (χ1) is 12.4. The Morgan fingerprint density at radius 1 is 0.960 bits per heavy atom. The molecule has 0 radical (unpaired) electrons. The summed E-state index contributed by atoms with van der Waals surface area (Å²) in [7, 11) is 0. The van der Waals surface area contributed by atoms with E-state index >= 15 is 0 Å². The molecule has 0 bridgehead atoms. The van der Waals surface area contributed by atoms with Gasteiger partial charge in [0.05, 0.1) is 11.3 Å². The Morgan fingerprint density at radius 3 is 2.52 bits per heavy atom. The minimum atomic E-state index is 0.637. The quantitative estimate of drug-likeness (QED) is 0.867. The van der Waals surface area contributed by atoms with Gasteiger partial charge in [0.25, 0.3) is 0 Å². The molecule has 0 saturated carbocycles. The van der Waals surface area contributed by atoms with Crippen molar-refractivity contribution in [2.75, 3.05) is 49.1 Å². The van der Waals surface area contributed by atoms with Gasteiger partial charge in [-0.05, 0) is 25.1 Å². The summed E-state index contributed by atoms with van der Waals surface area (Å²) in [5.41, 5.74) is 3.10. The van der Waals surface area contributed by atoms with Gasteiger partial charge in [-0.3, -0.25) is 0 Å². The first-order valence-corrected chi connectivity index (χ1v) is 8.75. The summed E-state index contributed by atoms with van der Waals surface area (Å²) >= 11 is 0. The maximum absolute atomic E-state index is 9.29. The van der Waals surface area contributed by atoms with Crippen LogP contribution in [-0.2, 0) is 12.8 Å². The summed E-state index contributed by atoms with van der Waals surface area (Å²) in [4.78, 5) is 18.0. The van der Waals surface area contributed by atoms with Crippen LogP contribution in [0.2, 0.25) is 0 Å². The van der Waals surface area contributed by atoms with Gasteiger partial charge in [-0.15, -0.1) is 0 Å². The second-order valence-electron chi connectivity index (χ2n) is 6.33. The fraction of sp³-hybridized carbons (Fsp3) is 0.444. The van der Waals surface area contributed by atoms with Crippen molar-refractivity contribution >= 4 is 11.6 Å². The number of piperazine rings is 1. The highest BCUT2D eigenvalue weighted by Crippen LogP contribution is 2.25. The smallest absolute Gasteiger partial charge is 0.146 e. The second-order valence-corrected chi connectivity index (χ2v) is 6.33. The lowest BCUT2D eigenvalue weighted by Crippen LogP contribution is -2.47. The molecule has 1 saturated heterocycles. The van der Waals surface area contributed by atoms with Crippen molar-refractivity contribution in [3.05, 3.63) is 41.5 Å². The van der Waals surface area contributed by atoms with E-state index in [0.717, 1.165) is 63.7 Å². The summed E-state index contributed by atoms with van der Waals surface area (Å²) in [6.07, 6.45) is 5.38. The molecule has 4 heterocycles. The highest BCUT2D eigenvalue weighted by Gasteiger charge is 2.24. The first-order valence-electron chi connectivity index (χ1n) is 8.75. The molecule has 0 unspecified atom stereocenters. The molecular formula is C18H21N7. The fourth-order valence-corrected chi connectivity index (χ4v) is 3.59. The van der Waals surface area contributed by atoms with E-state index in [0.29, 0.717) is 5.56 Å². The van der Waals surface area contributed by atoms with Gasteiger partial charge in [0, 0.05) is 50.9 Å². The van der Waals surface area contributed by atoms with Gasteiger partial charge < -0.3 is 15.1 Å². The van der Waals surface area contributed by atoms with Crippen molar-refractivity contribution in [1.82, 2.24) is 20.3 Å². The standard InChI is InChI=1S/C18H21N7/c19-12-14-2-1-5-21-17(14)24-8-10-25(11-9-24)18-15-3-6-20-7-4-16(15)22-13-23-18/h1-2,5,13,20H,3-4,6-11H2. The molecule has 25 heavy (non-hydrogen) atoms. The number of nitriles is 1. The third kappa shape index (κ3) is 3.13. The van der Waals surface area contributed by atoms with E-state index in [4.69, 9.17) is 0 Å². The molecule has 0 aliphatic carbocycles. The average Bonchev–Trinajstić information content (AvgIpc) is 2.93. The lowest BCUT2D eigenvalue weighted by Gasteiger charge is -2.37. The fourth-order valence-electron chi connectivity index (χ4n) is 3.59. The van der Waals surface area contributed by atoms with E-state index in [1.165, 1.54) is 11.3 Å². The molecule has 7 heteroatoms. The van der Waals surface area contributed by atoms with Crippen LogP contribution in [0.25, 0.3) is 0 Å². The third-order valence-corrected chi connectivity index (χ3v) is 4.89. The van der Waals surface area contributed by atoms with Crippen molar-refractivity contribution in [3.63, 3.8) is 0 Å². The summed E-state index contributed by atoms with van der Waals surface area (Å²) < 4.78 is 0. The highest BCUT2D eigenvalue weighted by molar-refractivity contribution is 5.56. The number of pyridine rings is 1. The predicted octanol–water partition coefficient (Wildman–Crippen LogP) is 0.758. The number of fused-ring (bicyclic) bond motifs is 1. The van der Waals surface area contributed by atoms with Crippen molar-refractivity contribution < 1.29 is 0 Å². The van der Waals surface area contributed by atoms with Crippen LogP contribution in [0.15, 0.2) is 24.7 Å². The number of hydrogen-bond donors (Lipinski definition) is 1. The minimum Gasteiger partial charge on any atom is -0.353 e. The Balaban J connectivity index is 1.52. The maximum atomic E-state index is 9.29. The Hall–Kier alpha value is -2.72. The number of anilines is 2. The van der Waals surface area contributed by atoms with Crippen LogP contribution < -0.4 is 15.1 Å². The number of nitrogens with one attached hydrogen (secondary N) is 1. The number of aromatic nitrogens is 3. The van der Waals surface area contributed by atoms with Crippen LogP contribution in [0, 0.1) is 11.3 Å². The zero-order chi connectivity index (χ0) is 17.1. The third-order valence-electron chi connectivity index (χ3n) is 4.89. The maximum Gasteiger partial charge on any atom is 0.146 e. The molecule has 0 aromatic carbocycles. The predicted molar refractivity (Wildman–Crippen MR) is 95.7 cm³/mol. The number of nitrogens with zero attached hydrogens (tertiary/aromatic N) is 6. The molecular weight excluding hydrogens is 314 g/mol. The normalized spacial score (nSPS) is 17.6. The molecule has 1 N–H and O–H groups in total. The van der Waals surface area contributed by atoms with E-state index in [2.05, 4.69) is 36.1 Å². The Kier molecular flexibility index (Phi) is 4.44. The molecule has 4 rings (SSSR count). The van der Waals surface area contributed by atoms with Crippen LogP contribution in [-0.4, -0.2) is 54.2 Å². The van der Waals surface area contributed by atoms with Gasteiger partial charge in [0.2, 0.25) is 0 Å². The van der Waals surface area contributed by atoms with Gasteiger partial charge in [-0.25, -0.2) is 15.0 Å². The topological polar surface area (TPSA) is 81.0 Å². The van der Waals surface area contributed by atoms with Gasteiger partial charge in [0.15, 0.2) is 0 Å². The lowest BCUT2D eigenvalue weighted by atomic mass is 10.1. The molecule has 2 aliphatic heterocycles. The van der Waals surface area contributed by atoms with Crippen molar-refractivity contribution in [2.45, 2.75) is 12.8 Å². The summed E-state index contributed by atoms with van der Waals surface area (Å²) in [6.45, 7) is 5.38. The molecule has 128 valence electrons. The van der Waals surface area contributed by atoms with E-state index in [-0.39, 0.29) is 0 Å².